The number of nitrogens with one attached hydrogen (secondary N) is 1. The van der Waals surface area contributed by atoms with Gasteiger partial charge in [-0.1, -0.05) is 18.2 Å². The number of aliphatic imine (C=N–C) groups is 1. The summed E-state index contributed by atoms with van der Waals surface area (Å²) in [6, 6.07) is 10.7. The number of carbonyl (C=O) groups is 1. The third-order valence-corrected chi connectivity index (χ3v) is 6.80. The molecule has 3 rings (SSSR count). The number of thioether (sulfide) groups is 1. The first-order chi connectivity index (χ1) is 13.7. The maximum absolute atomic E-state index is 11.4. The normalized spacial score (nSPS) is 21.2. The van der Waals surface area contributed by atoms with Gasteiger partial charge >= 0.3 is 0 Å². The van der Waals surface area contributed by atoms with E-state index in [1.165, 1.54) is 11.3 Å². The van der Waals surface area contributed by atoms with Gasteiger partial charge in [0.1, 0.15) is 0 Å². The fourth-order valence-electron chi connectivity index (χ4n) is 3.84. The van der Waals surface area contributed by atoms with Crippen molar-refractivity contribution in [3.05, 3.63) is 30.3 Å². The lowest BCUT2D eigenvalue weighted by atomic mass is 10.2. The minimum absolute atomic E-state index is 0.187. The van der Waals surface area contributed by atoms with Crippen molar-refractivity contribution in [1.82, 2.24) is 20.0 Å². The predicted molar refractivity (Wildman–Crippen MR) is 117 cm³/mol. The van der Waals surface area contributed by atoms with Gasteiger partial charge in [-0.2, -0.15) is 0 Å². The molecule has 6 nitrogen and oxygen atoms in total. The SMILES string of the molecule is CN=C(NCCN1CCN(C(C)=O)CC1)N1CCC(CSc2ccccc2)C1. The third kappa shape index (κ3) is 6.14. The standard InChI is InChI=1S/C21H33N5OS/c1-18(27)25-14-12-24(13-15-25)11-9-23-21(22-2)26-10-8-19(16-26)17-28-20-6-4-3-5-7-20/h3-7,19H,8-17H2,1-2H3,(H,22,23). The second kappa shape index (κ2) is 10.7. The molecule has 2 aliphatic rings. The molecular formula is C21H33N5OS. The van der Waals surface area contributed by atoms with Crippen LogP contribution >= 0.6 is 11.8 Å². The molecule has 1 amide bonds. The van der Waals surface area contributed by atoms with Crippen molar-refractivity contribution in [3.8, 4) is 0 Å². The molecule has 1 N–H and O–H groups in total. The minimum Gasteiger partial charge on any atom is -0.355 e. The molecule has 2 fully saturated rings. The van der Waals surface area contributed by atoms with E-state index in [-0.39, 0.29) is 5.91 Å². The second-order valence-electron chi connectivity index (χ2n) is 7.55. The summed E-state index contributed by atoms with van der Waals surface area (Å²) in [4.78, 5) is 24.0. The van der Waals surface area contributed by atoms with Crippen LogP contribution in [0.5, 0.6) is 0 Å². The highest BCUT2D eigenvalue weighted by Crippen LogP contribution is 2.25. The largest absolute Gasteiger partial charge is 0.355 e. The number of benzene rings is 1. The number of rotatable bonds is 6. The van der Waals surface area contributed by atoms with E-state index in [9.17, 15) is 4.79 Å². The van der Waals surface area contributed by atoms with Gasteiger partial charge in [-0.05, 0) is 24.5 Å². The molecule has 0 radical (unpaired) electrons. The third-order valence-electron chi connectivity index (χ3n) is 5.55. The first-order valence-electron chi connectivity index (χ1n) is 10.3. The van der Waals surface area contributed by atoms with E-state index >= 15 is 0 Å². The lowest BCUT2D eigenvalue weighted by molar-refractivity contribution is -0.130. The molecule has 154 valence electrons. The van der Waals surface area contributed by atoms with Crippen LogP contribution in [0.2, 0.25) is 0 Å². The number of likely N-dealkylation sites (tertiary alicyclic amines) is 1. The molecule has 1 aromatic carbocycles. The number of amides is 1. The van der Waals surface area contributed by atoms with E-state index in [0.29, 0.717) is 5.92 Å². The highest BCUT2D eigenvalue weighted by Gasteiger charge is 2.25. The molecule has 1 aromatic rings. The first-order valence-corrected chi connectivity index (χ1v) is 11.3. The highest BCUT2D eigenvalue weighted by molar-refractivity contribution is 7.99. The zero-order valence-electron chi connectivity index (χ0n) is 17.1. The van der Waals surface area contributed by atoms with Crippen LogP contribution in [-0.2, 0) is 4.79 Å². The van der Waals surface area contributed by atoms with Gasteiger partial charge in [0.15, 0.2) is 5.96 Å². The van der Waals surface area contributed by atoms with E-state index in [4.69, 9.17) is 0 Å². The number of guanidine groups is 1. The van der Waals surface area contributed by atoms with Gasteiger partial charge in [0.05, 0.1) is 0 Å². The van der Waals surface area contributed by atoms with Crippen molar-refractivity contribution in [2.75, 3.05) is 65.2 Å². The van der Waals surface area contributed by atoms with E-state index < -0.39 is 0 Å². The van der Waals surface area contributed by atoms with Crippen molar-refractivity contribution in [3.63, 3.8) is 0 Å². The van der Waals surface area contributed by atoms with Gasteiger partial charge in [-0.15, -0.1) is 11.8 Å². The molecule has 1 unspecified atom stereocenters. The summed E-state index contributed by atoms with van der Waals surface area (Å²) in [6.45, 7) is 9.31. The Morgan fingerprint density at radius 1 is 1.14 bits per heavy atom. The van der Waals surface area contributed by atoms with Gasteiger partial charge in [-0.3, -0.25) is 14.7 Å². The molecule has 2 aliphatic heterocycles. The Kier molecular flexibility index (Phi) is 8.03. The molecule has 0 saturated carbocycles. The summed E-state index contributed by atoms with van der Waals surface area (Å²) in [7, 11) is 1.88. The van der Waals surface area contributed by atoms with Crippen LogP contribution in [0.25, 0.3) is 0 Å². The summed E-state index contributed by atoms with van der Waals surface area (Å²) in [5.41, 5.74) is 0. The van der Waals surface area contributed by atoms with Gasteiger partial charge in [0.2, 0.25) is 5.91 Å². The molecule has 0 spiro atoms. The fraction of sp³-hybridized carbons (Fsp3) is 0.619. The van der Waals surface area contributed by atoms with Crippen molar-refractivity contribution in [2.45, 2.75) is 18.2 Å². The Bertz CT molecular complexity index is 645. The zero-order chi connectivity index (χ0) is 19.8. The van der Waals surface area contributed by atoms with E-state index in [0.717, 1.165) is 64.1 Å². The van der Waals surface area contributed by atoms with Crippen LogP contribution in [-0.4, -0.2) is 91.7 Å². The van der Waals surface area contributed by atoms with Gasteiger partial charge in [0, 0.05) is 77.0 Å². The lowest BCUT2D eigenvalue weighted by Crippen LogP contribution is -2.50. The second-order valence-corrected chi connectivity index (χ2v) is 8.64. The number of nitrogens with zero attached hydrogens (tertiary/aromatic N) is 4. The highest BCUT2D eigenvalue weighted by atomic mass is 32.2. The smallest absolute Gasteiger partial charge is 0.219 e. The van der Waals surface area contributed by atoms with E-state index in [2.05, 4.69) is 50.4 Å². The van der Waals surface area contributed by atoms with Crippen LogP contribution in [0, 0.1) is 5.92 Å². The summed E-state index contributed by atoms with van der Waals surface area (Å²) >= 11 is 1.96. The molecule has 2 heterocycles. The van der Waals surface area contributed by atoms with Crippen LogP contribution in [0.15, 0.2) is 40.2 Å². The summed E-state index contributed by atoms with van der Waals surface area (Å²) in [5.74, 6) is 3.09. The fourth-order valence-corrected chi connectivity index (χ4v) is 4.89. The molecule has 2 saturated heterocycles. The minimum atomic E-state index is 0.187. The van der Waals surface area contributed by atoms with Crippen molar-refractivity contribution < 1.29 is 4.79 Å². The first kappa shape index (κ1) is 21.0. The van der Waals surface area contributed by atoms with E-state index in [1.54, 1.807) is 6.92 Å². The Labute approximate surface area is 173 Å². The number of hydrogen-bond acceptors (Lipinski definition) is 4. The van der Waals surface area contributed by atoms with Crippen molar-refractivity contribution in [2.24, 2.45) is 10.9 Å². The Balaban J connectivity index is 1.35. The zero-order valence-corrected chi connectivity index (χ0v) is 18.0. The number of piperazine rings is 1. The Morgan fingerprint density at radius 2 is 1.89 bits per heavy atom. The van der Waals surface area contributed by atoms with Gasteiger partial charge in [-0.25, -0.2) is 0 Å². The Hall–Kier alpha value is -1.73. The summed E-state index contributed by atoms with van der Waals surface area (Å²) in [5, 5.41) is 3.53. The molecule has 7 heteroatoms. The van der Waals surface area contributed by atoms with Crippen LogP contribution < -0.4 is 5.32 Å². The molecule has 0 bridgehead atoms. The van der Waals surface area contributed by atoms with Crippen LogP contribution in [0.3, 0.4) is 0 Å². The van der Waals surface area contributed by atoms with Crippen molar-refractivity contribution >= 4 is 23.6 Å². The molecule has 0 aromatic heterocycles. The van der Waals surface area contributed by atoms with Crippen LogP contribution in [0.4, 0.5) is 0 Å². The summed E-state index contributed by atoms with van der Waals surface area (Å²) < 4.78 is 0. The molecule has 0 aliphatic carbocycles. The monoisotopic (exact) mass is 403 g/mol. The number of hydrogen-bond donors (Lipinski definition) is 1. The lowest BCUT2D eigenvalue weighted by Gasteiger charge is -2.34. The maximum Gasteiger partial charge on any atom is 0.219 e. The van der Waals surface area contributed by atoms with Crippen molar-refractivity contribution in [1.29, 1.82) is 0 Å². The molecule has 1 atom stereocenters. The maximum atomic E-state index is 11.4. The van der Waals surface area contributed by atoms with Gasteiger partial charge in [0.25, 0.3) is 0 Å². The quantitative estimate of drug-likeness (QED) is 0.446. The molecular weight excluding hydrogens is 370 g/mol. The average Bonchev–Trinajstić information content (AvgIpc) is 3.19. The van der Waals surface area contributed by atoms with Crippen LogP contribution in [0.1, 0.15) is 13.3 Å². The topological polar surface area (TPSA) is 51.2 Å². The van der Waals surface area contributed by atoms with Gasteiger partial charge < -0.3 is 15.1 Å². The average molecular weight is 404 g/mol. The number of carbonyl (C=O) groups excluding carboxylic acids is 1. The van der Waals surface area contributed by atoms with E-state index in [1.807, 2.05) is 23.7 Å². The Morgan fingerprint density at radius 3 is 2.57 bits per heavy atom. The summed E-state index contributed by atoms with van der Waals surface area (Å²) in [6.07, 6.45) is 1.23. The molecule has 28 heavy (non-hydrogen) atoms. The predicted octanol–water partition coefficient (Wildman–Crippen LogP) is 1.84.